The van der Waals surface area contributed by atoms with Crippen LogP contribution in [0.25, 0.3) is 0 Å². The zero-order valence-corrected chi connectivity index (χ0v) is 15.2. The van der Waals surface area contributed by atoms with E-state index in [2.05, 4.69) is 4.13 Å². The number of nitrogens with one attached hydrogen (secondary N) is 1. The largest absolute Gasteiger partial charge is 0.230 e. The lowest BCUT2D eigenvalue weighted by molar-refractivity contribution is 0.0336. The predicted molar refractivity (Wildman–Crippen MR) is 88.8 cm³/mol. The lowest BCUT2D eigenvalue weighted by Gasteiger charge is -2.55. The van der Waals surface area contributed by atoms with Crippen LogP contribution < -0.4 is 4.13 Å². The van der Waals surface area contributed by atoms with Gasteiger partial charge in [-0.15, -0.1) is 4.13 Å². The van der Waals surface area contributed by atoms with Crippen molar-refractivity contribution in [1.29, 1.82) is 0 Å². The lowest BCUT2D eigenvalue weighted by atomic mass is 9.56. The average Bonchev–Trinajstić information content (AvgIpc) is 2.45. The normalized spacial score (nSPS) is 41.3. The summed E-state index contributed by atoms with van der Waals surface area (Å²) in [5.74, 6) is 1.45. The average molecular weight is 362 g/mol. The second-order valence-electron chi connectivity index (χ2n) is 8.49. The molecule has 5 nitrogen and oxygen atoms in total. The van der Waals surface area contributed by atoms with Crippen molar-refractivity contribution < 1.29 is 16.8 Å². The van der Waals surface area contributed by atoms with Crippen molar-refractivity contribution >= 4 is 20.0 Å². The quantitative estimate of drug-likeness (QED) is 0.834. The molecule has 0 amide bonds. The van der Waals surface area contributed by atoms with Gasteiger partial charge < -0.3 is 0 Å². The minimum absolute atomic E-state index is 0.482. The van der Waals surface area contributed by atoms with E-state index in [-0.39, 0.29) is 0 Å². The van der Waals surface area contributed by atoms with E-state index < -0.39 is 30.0 Å². The third-order valence-electron chi connectivity index (χ3n) is 6.77. The monoisotopic (exact) mass is 361 g/mol. The van der Waals surface area contributed by atoms with Gasteiger partial charge in [0.15, 0.2) is 0 Å². The summed E-state index contributed by atoms with van der Waals surface area (Å²) in [6.45, 7) is 0. The van der Waals surface area contributed by atoms with Gasteiger partial charge in [-0.1, -0.05) is 19.3 Å². The van der Waals surface area contributed by atoms with Crippen LogP contribution in [0.1, 0.15) is 70.6 Å². The Bertz CT molecular complexity index is 642. The van der Waals surface area contributed by atoms with Crippen molar-refractivity contribution in [2.45, 2.75) is 80.6 Å². The Labute approximate surface area is 139 Å². The topological polar surface area (TPSA) is 80.3 Å². The lowest BCUT2D eigenvalue weighted by Crippen LogP contribution is -2.59. The van der Waals surface area contributed by atoms with E-state index in [1.165, 1.54) is 0 Å². The van der Waals surface area contributed by atoms with Gasteiger partial charge in [-0.25, -0.2) is 16.8 Å². The summed E-state index contributed by atoms with van der Waals surface area (Å²) in [5, 5.41) is -0.528. The molecule has 4 bridgehead atoms. The van der Waals surface area contributed by atoms with Gasteiger partial charge >= 0.3 is 0 Å². The minimum Gasteiger partial charge on any atom is -0.211 e. The van der Waals surface area contributed by atoms with Crippen molar-refractivity contribution in [3.8, 4) is 0 Å². The summed E-state index contributed by atoms with van der Waals surface area (Å²) in [7, 11) is -7.60. The molecule has 5 fully saturated rings. The third-order valence-corrected chi connectivity index (χ3v) is 11.6. The highest BCUT2D eigenvalue weighted by atomic mass is 32.3. The highest BCUT2D eigenvalue weighted by Gasteiger charge is 2.58. The van der Waals surface area contributed by atoms with Crippen LogP contribution in [-0.2, 0) is 20.0 Å². The first-order valence-electron chi connectivity index (χ1n) is 9.07. The zero-order valence-electron chi connectivity index (χ0n) is 13.5. The Kier molecular flexibility index (Phi) is 3.86. The Hall–Kier alpha value is -0.140. The van der Waals surface area contributed by atoms with Crippen molar-refractivity contribution in [1.82, 2.24) is 4.13 Å². The van der Waals surface area contributed by atoms with Gasteiger partial charge in [0.25, 0.3) is 0 Å². The molecule has 132 valence electrons. The predicted octanol–water partition coefficient (Wildman–Crippen LogP) is 2.54. The smallest absolute Gasteiger partial charge is 0.211 e. The Morgan fingerprint density at radius 1 is 0.739 bits per heavy atom. The molecule has 5 aliphatic rings. The maximum absolute atomic E-state index is 13.1. The number of hydrogen-bond acceptors (Lipinski definition) is 4. The summed E-state index contributed by atoms with van der Waals surface area (Å²) in [5.41, 5.74) is 0. The molecule has 0 atom stereocenters. The van der Waals surface area contributed by atoms with E-state index >= 15 is 0 Å². The fraction of sp³-hybridized carbons (Fsp3) is 1.00. The van der Waals surface area contributed by atoms with Crippen LogP contribution in [0.4, 0.5) is 0 Å². The van der Waals surface area contributed by atoms with Gasteiger partial charge in [0.1, 0.15) is 0 Å². The molecule has 0 radical (unpaired) electrons. The van der Waals surface area contributed by atoms with Crippen LogP contribution in [0.3, 0.4) is 0 Å². The molecule has 0 aromatic carbocycles. The zero-order chi connectivity index (χ0) is 16.3. The highest BCUT2D eigenvalue weighted by molar-refractivity contribution is 8.05. The number of hydrogen-bond donors (Lipinski definition) is 1. The van der Waals surface area contributed by atoms with Gasteiger partial charge in [-0.3, -0.25) is 0 Å². The fourth-order valence-electron chi connectivity index (χ4n) is 6.05. The summed E-state index contributed by atoms with van der Waals surface area (Å²) in [6, 6.07) is 0. The van der Waals surface area contributed by atoms with Crippen molar-refractivity contribution in [3.05, 3.63) is 0 Å². The van der Waals surface area contributed by atoms with Gasteiger partial charge in [0.2, 0.25) is 20.0 Å². The first-order chi connectivity index (χ1) is 10.8. The molecule has 0 aromatic rings. The SMILES string of the molecule is O=S(=O)(NS(=O)(=O)C12CC3CC(CC(C3)C1)C2)C1CCCCC1. The Balaban J connectivity index is 1.58. The summed E-state index contributed by atoms with van der Waals surface area (Å²) in [4.78, 5) is 0. The first-order valence-corrected chi connectivity index (χ1v) is 12.1. The van der Waals surface area contributed by atoms with Crippen molar-refractivity contribution in [3.63, 3.8) is 0 Å². The number of sulfonamides is 2. The van der Waals surface area contributed by atoms with E-state index in [0.717, 1.165) is 38.5 Å². The van der Waals surface area contributed by atoms with Gasteiger partial charge in [0, 0.05) is 0 Å². The molecule has 0 unspecified atom stereocenters. The second kappa shape index (κ2) is 5.43. The third kappa shape index (κ3) is 2.76. The van der Waals surface area contributed by atoms with E-state index in [4.69, 9.17) is 0 Å². The van der Waals surface area contributed by atoms with Crippen LogP contribution in [-0.4, -0.2) is 26.8 Å². The highest BCUT2D eigenvalue weighted by Crippen LogP contribution is 2.58. The van der Waals surface area contributed by atoms with Crippen LogP contribution in [0.5, 0.6) is 0 Å². The van der Waals surface area contributed by atoms with Crippen LogP contribution in [0.15, 0.2) is 0 Å². The summed E-state index contributed by atoms with van der Waals surface area (Å²) >= 11 is 0. The van der Waals surface area contributed by atoms with Crippen LogP contribution >= 0.6 is 0 Å². The first kappa shape index (κ1) is 16.3. The van der Waals surface area contributed by atoms with Crippen molar-refractivity contribution in [2.75, 3.05) is 0 Å². The van der Waals surface area contributed by atoms with Crippen LogP contribution in [0, 0.1) is 17.8 Å². The molecule has 0 aromatic heterocycles. The second-order valence-corrected chi connectivity index (χ2v) is 12.8. The molecule has 0 saturated heterocycles. The Morgan fingerprint density at radius 2 is 1.22 bits per heavy atom. The molecule has 0 aliphatic heterocycles. The van der Waals surface area contributed by atoms with Gasteiger partial charge in [-0.2, -0.15) is 0 Å². The van der Waals surface area contributed by atoms with E-state index in [1.807, 2.05) is 0 Å². The molecule has 0 spiro atoms. The standard InChI is InChI=1S/C16H27NO4S2/c18-22(19,15-4-2-1-3-5-15)17-23(20,21)16-9-12-6-13(10-16)8-14(7-12)11-16/h12-15,17H,1-11H2. The van der Waals surface area contributed by atoms with E-state index in [9.17, 15) is 16.8 Å². The molecule has 5 saturated carbocycles. The molecule has 23 heavy (non-hydrogen) atoms. The van der Waals surface area contributed by atoms with Crippen LogP contribution in [0.2, 0.25) is 0 Å². The molecule has 1 N–H and O–H groups in total. The van der Waals surface area contributed by atoms with E-state index in [1.54, 1.807) is 0 Å². The molecule has 5 rings (SSSR count). The number of rotatable bonds is 4. The maximum atomic E-state index is 13.1. The van der Waals surface area contributed by atoms with Gasteiger partial charge in [0.05, 0.1) is 10.00 Å². The van der Waals surface area contributed by atoms with Gasteiger partial charge in [-0.05, 0) is 69.1 Å². The molecule has 5 aliphatic carbocycles. The molecule has 7 heteroatoms. The van der Waals surface area contributed by atoms with Crippen molar-refractivity contribution in [2.24, 2.45) is 17.8 Å². The van der Waals surface area contributed by atoms with E-state index in [0.29, 0.717) is 49.9 Å². The Morgan fingerprint density at radius 3 is 1.70 bits per heavy atom. The summed E-state index contributed by atoms with van der Waals surface area (Å²) in [6.07, 6.45) is 9.40. The summed E-state index contributed by atoms with van der Waals surface area (Å²) < 4.78 is 52.7. The minimum atomic E-state index is -3.82. The molecular weight excluding hydrogens is 334 g/mol. The molecule has 0 heterocycles. The molecular formula is C16H27NO4S2. The maximum Gasteiger partial charge on any atom is 0.230 e. The fourth-order valence-corrected chi connectivity index (χ4v) is 10.8.